The van der Waals surface area contributed by atoms with Gasteiger partial charge in [0.15, 0.2) is 14.1 Å². The third-order valence-electron chi connectivity index (χ3n) is 2.50. The van der Waals surface area contributed by atoms with Gasteiger partial charge in [-0.25, -0.2) is 0 Å². The van der Waals surface area contributed by atoms with E-state index in [4.69, 9.17) is 9.16 Å². The first-order valence-electron chi connectivity index (χ1n) is 5.87. The summed E-state index contributed by atoms with van der Waals surface area (Å²) in [5.74, 6) is -0.250. The summed E-state index contributed by atoms with van der Waals surface area (Å²) in [5, 5.41) is 0. The molecule has 0 atom stereocenters. The van der Waals surface area contributed by atoms with Crippen molar-refractivity contribution in [3.05, 3.63) is 35.9 Å². The molecule has 0 unspecified atom stereocenters. The second-order valence-electron chi connectivity index (χ2n) is 5.40. The first-order valence-corrected chi connectivity index (χ1v) is 9.28. The number of rotatable bonds is 5. The first kappa shape index (κ1) is 11.8. The molecule has 1 fully saturated rings. The van der Waals surface area contributed by atoms with Crippen LogP contribution in [0, 0.1) is 0 Å². The standard InChI is InChI=1S/C13H20O2Si/c1-16(2,3)15-13(9-10-13)14-11-12-7-5-4-6-8-12/h4-8H,9-11H2,1-3H3. The van der Waals surface area contributed by atoms with Crippen LogP contribution in [0.3, 0.4) is 0 Å². The largest absolute Gasteiger partial charge is 0.391 e. The van der Waals surface area contributed by atoms with E-state index in [2.05, 4.69) is 31.8 Å². The number of hydrogen-bond donors (Lipinski definition) is 0. The van der Waals surface area contributed by atoms with E-state index in [1.54, 1.807) is 0 Å². The zero-order valence-electron chi connectivity index (χ0n) is 10.3. The van der Waals surface area contributed by atoms with Crippen LogP contribution in [-0.2, 0) is 15.8 Å². The third kappa shape index (κ3) is 3.44. The number of hydrogen-bond acceptors (Lipinski definition) is 2. The van der Waals surface area contributed by atoms with E-state index < -0.39 is 8.32 Å². The SMILES string of the molecule is C[Si](C)(C)OC1(OCc2ccccc2)CC1. The Bertz CT molecular complexity index is 339. The van der Waals surface area contributed by atoms with E-state index >= 15 is 0 Å². The molecular formula is C13H20O2Si. The van der Waals surface area contributed by atoms with Crippen molar-refractivity contribution in [1.29, 1.82) is 0 Å². The molecule has 88 valence electrons. The van der Waals surface area contributed by atoms with Crippen molar-refractivity contribution in [2.45, 2.75) is 44.9 Å². The summed E-state index contributed by atoms with van der Waals surface area (Å²) in [6.45, 7) is 7.28. The van der Waals surface area contributed by atoms with E-state index in [1.807, 2.05) is 18.2 Å². The molecule has 1 aliphatic carbocycles. The van der Waals surface area contributed by atoms with Gasteiger partial charge in [-0.05, 0) is 25.2 Å². The van der Waals surface area contributed by atoms with Crippen LogP contribution in [0.2, 0.25) is 19.6 Å². The lowest BCUT2D eigenvalue weighted by atomic mass is 10.2. The summed E-state index contributed by atoms with van der Waals surface area (Å²) in [6, 6.07) is 10.3. The van der Waals surface area contributed by atoms with Gasteiger partial charge in [0.2, 0.25) is 0 Å². The van der Waals surface area contributed by atoms with Gasteiger partial charge in [-0.2, -0.15) is 0 Å². The summed E-state index contributed by atoms with van der Waals surface area (Å²) >= 11 is 0. The van der Waals surface area contributed by atoms with E-state index in [0.29, 0.717) is 6.61 Å². The van der Waals surface area contributed by atoms with Gasteiger partial charge in [0.25, 0.3) is 0 Å². The highest BCUT2D eigenvalue weighted by Gasteiger charge is 2.48. The molecular weight excluding hydrogens is 216 g/mol. The Morgan fingerprint density at radius 3 is 2.25 bits per heavy atom. The lowest BCUT2D eigenvalue weighted by Gasteiger charge is -2.26. The van der Waals surface area contributed by atoms with Crippen LogP contribution in [0.4, 0.5) is 0 Å². The Morgan fingerprint density at radius 2 is 1.75 bits per heavy atom. The van der Waals surface area contributed by atoms with Crippen molar-refractivity contribution in [1.82, 2.24) is 0 Å². The van der Waals surface area contributed by atoms with E-state index in [1.165, 1.54) is 5.56 Å². The maximum Gasteiger partial charge on any atom is 0.187 e. The van der Waals surface area contributed by atoms with Gasteiger partial charge in [-0.15, -0.1) is 0 Å². The molecule has 3 heteroatoms. The Labute approximate surface area is 98.7 Å². The smallest absolute Gasteiger partial charge is 0.187 e. The highest BCUT2D eigenvalue weighted by atomic mass is 28.4. The van der Waals surface area contributed by atoms with Gasteiger partial charge < -0.3 is 9.16 Å². The number of benzene rings is 1. The maximum absolute atomic E-state index is 6.07. The molecule has 0 spiro atoms. The van der Waals surface area contributed by atoms with Crippen LogP contribution in [-0.4, -0.2) is 14.1 Å². The van der Waals surface area contributed by atoms with Crippen molar-refractivity contribution >= 4 is 8.32 Å². The second kappa shape index (κ2) is 4.32. The molecule has 0 amide bonds. The van der Waals surface area contributed by atoms with Gasteiger partial charge in [-0.1, -0.05) is 30.3 Å². The van der Waals surface area contributed by atoms with Crippen LogP contribution < -0.4 is 0 Å². The quantitative estimate of drug-likeness (QED) is 0.575. The molecule has 0 saturated heterocycles. The summed E-state index contributed by atoms with van der Waals surface area (Å²) in [5.41, 5.74) is 1.22. The summed E-state index contributed by atoms with van der Waals surface area (Å²) in [4.78, 5) is 0. The molecule has 2 rings (SSSR count). The Morgan fingerprint density at radius 1 is 1.12 bits per heavy atom. The summed E-state index contributed by atoms with van der Waals surface area (Å²) in [7, 11) is -1.49. The van der Waals surface area contributed by atoms with Crippen molar-refractivity contribution in [2.75, 3.05) is 0 Å². The van der Waals surface area contributed by atoms with Gasteiger partial charge >= 0.3 is 0 Å². The zero-order valence-corrected chi connectivity index (χ0v) is 11.3. The Hall–Kier alpha value is -0.643. The molecule has 1 aliphatic rings. The van der Waals surface area contributed by atoms with Crippen LogP contribution in [0.25, 0.3) is 0 Å². The third-order valence-corrected chi connectivity index (χ3v) is 3.48. The lowest BCUT2D eigenvalue weighted by molar-refractivity contribution is -0.119. The molecule has 0 N–H and O–H groups in total. The molecule has 0 radical (unpaired) electrons. The predicted molar refractivity (Wildman–Crippen MR) is 67.6 cm³/mol. The molecule has 2 nitrogen and oxygen atoms in total. The molecule has 1 aromatic rings. The van der Waals surface area contributed by atoms with Gasteiger partial charge in [0.1, 0.15) is 0 Å². The highest BCUT2D eigenvalue weighted by molar-refractivity contribution is 6.69. The average Bonchev–Trinajstić information content (AvgIpc) is 2.95. The van der Waals surface area contributed by atoms with Gasteiger partial charge in [0.05, 0.1) is 6.61 Å². The fourth-order valence-corrected chi connectivity index (χ4v) is 3.10. The van der Waals surface area contributed by atoms with Crippen LogP contribution in [0.5, 0.6) is 0 Å². The topological polar surface area (TPSA) is 18.5 Å². The minimum absolute atomic E-state index is 0.250. The minimum atomic E-state index is -1.49. The van der Waals surface area contributed by atoms with Gasteiger partial charge in [0, 0.05) is 12.8 Å². The fraction of sp³-hybridized carbons (Fsp3) is 0.538. The van der Waals surface area contributed by atoms with Crippen molar-refractivity contribution in [3.8, 4) is 0 Å². The van der Waals surface area contributed by atoms with E-state index in [-0.39, 0.29) is 5.79 Å². The average molecular weight is 236 g/mol. The van der Waals surface area contributed by atoms with Crippen LogP contribution in [0.15, 0.2) is 30.3 Å². The summed E-state index contributed by atoms with van der Waals surface area (Å²) < 4.78 is 12.0. The van der Waals surface area contributed by atoms with E-state index in [0.717, 1.165) is 12.8 Å². The zero-order chi connectivity index (χ0) is 11.6. The molecule has 1 saturated carbocycles. The highest BCUT2D eigenvalue weighted by Crippen LogP contribution is 2.43. The Balaban J connectivity index is 1.86. The van der Waals surface area contributed by atoms with Crippen LogP contribution in [0.1, 0.15) is 18.4 Å². The Kier molecular flexibility index (Phi) is 3.19. The van der Waals surface area contributed by atoms with Crippen LogP contribution >= 0.6 is 0 Å². The normalized spacial score (nSPS) is 18.4. The van der Waals surface area contributed by atoms with Gasteiger partial charge in [-0.3, -0.25) is 0 Å². The molecule has 0 aliphatic heterocycles. The molecule has 0 aromatic heterocycles. The van der Waals surface area contributed by atoms with Crippen molar-refractivity contribution in [2.24, 2.45) is 0 Å². The second-order valence-corrected chi connectivity index (χ2v) is 9.83. The van der Waals surface area contributed by atoms with Crippen molar-refractivity contribution in [3.63, 3.8) is 0 Å². The molecule has 16 heavy (non-hydrogen) atoms. The van der Waals surface area contributed by atoms with Crippen molar-refractivity contribution < 1.29 is 9.16 Å². The fourth-order valence-electron chi connectivity index (χ4n) is 1.73. The lowest BCUT2D eigenvalue weighted by Crippen LogP contribution is -2.34. The maximum atomic E-state index is 6.07. The molecule has 1 aromatic carbocycles. The molecule has 0 heterocycles. The number of ether oxygens (including phenoxy) is 1. The minimum Gasteiger partial charge on any atom is -0.391 e. The first-order chi connectivity index (χ1) is 7.49. The summed E-state index contributed by atoms with van der Waals surface area (Å²) in [6.07, 6.45) is 2.09. The van der Waals surface area contributed by atoms with E-state index in [9.17, 15) is 0 Å². The predicted octanol–water partition coefficient (Wildman–Crippen LogP) is 3.54. The molecule has 0 bridgehead atoms. The monoisotopic (exact) mass is 236 g/mol.